The molecule has 0 spiro atoms. The summed E-state index contributed by atoms with van der Waals surface area (Å²) < 4.78 is 6.03. The zero-order valence-corrected chi connectivity index (χ0v) is 13.0. The quantitative estimate of drug-likeness (QED) is 0.843. The van der Waals surface area contributed by atoms with Crippen LogP contribution in [0.3, 0.4) is 0 Å². The Hall–Kier alpha value is -1.07. The summed E-state index contributed by atoms with van der Waals surface area (Å²) in [5.74, 6) is 0.524. The minimum atomic E-state index is -0.396. The van der Waals surface area contributed by atoms with Gasteiger partial charge in [0.15, 0.2) is 0 Å². The van der Waals surface area contributed by atoms with Crippen molar-refractivity contribution in [3.8, 4) is 5.75 Å². The van der Waals surface area contributed by atoms with Gasteiger partial charge in [0, 0.05) is 11.0 Å². The fourth-order valence-electron chi connectivity index (χ4n) is 1.61. The van der Waals surface area contributed by atoms with Crippen molar-refractivity contribution in [2.24, 2.45) is 5.92 Å². The molecule has 0 radical (unpaired) electrons. The first-order valence-electron chi connectivity index (χ1n) is 6.25. The lowest BCUT2D eigenvalue weighted by Crippen LogP contribution is -2.29. The second-order valence-electron chi connectivity index (χ2n) is 4.70. The Morgan fingerprint density at radius 2 is 2.16 bits per heavy atom. The van der Waals surface area contributed by atoms with E-state index in [0.29, 0.717) is 24.3 Å². The van der Waals surface area contributed by atoms with E-state index in [1.165, 1.54) is 7.11 Å². The molecule has 19 heavy (non-hydrogen) atoms. The van der Waals surface area contributed by atoms with E-state index in [0.717, 1.165) is 4.47 Å². The van der Waals surface area contributed by atoms with Crippen molar-refractivity contribution in [3.05, 3.63) is 28.2 Å². The zero-order chi connectivity index (χ0) is 14.4. The van der Waals surface area contributed by atoms with Gasteiger partial charge in [-0.1, -0.05) is 29.8 Å². The Morgan fingerprint density at radius 3 is 2.74 bits per heavy atom. The van der Waals surface area contributed by atoms with E-state index in [9.17, 15) is 9.90 Å². The van der Waals surface area contributed by atoms with Gasteiger partial charge in [-0.25, -0.2) is 0 Å². The number of amides is 1. The summed E-state index contributed by atoms with van der Waals surface area (Å²) in [7, 11) is 1.53. The van der Waals surface area contributed by atoms with Crippen LogP contribution in [0.5, 0.6) is 5.75 Å². The number of carbonyl (C=O) groups excluding carboxylic acids is 1. The normalized spacial score (nSPS) is 12.3. The molecule has 5 heteroatoms. The highest BCUT2D eigenvalue weighted by Gasteiger charge is 2.13. The molecule has 0 fully saturated rings. The van der Waals surface area contributed by atoms with Gasteiger partial charge in [0.25, 0.3) is 5.91 Å². The molecular weight excluding hydrogens is 310 g/mol. The Balaban J connectivity index is 2.59. The largest absolute Gasteiger partial charge is 0.496 e. The summed E-state index contributed by atoms with van der Waals surface area (Å²) in [6.45, 7) is 4.34. The second kappa shape index (κ2) is 7.50. The average molecular weight is 330 g/mol. The number of aliphatic hydroxyl groups excluding tert-OH is 1. The van der Waals surface area contributed by atoms with E-state index in [2.05, 4.69) is 21.2 Å². The van der Waals surface area contributed by atoms with Gasteiger partial charge in [0.2, 0.25) is 0 Å². The number of benzene rings is 1. The van der Waals surface area contributed by atoms with Gasteiger partial charge in [-0.15, -0.1) is 0 Å². The van der Waals surface area contributed by atoms with E-state index < -0.39 is 6.10 Å². The fraction of sp³-hybridized carbons (Fsp3) is 0.500. The molecule has 0 aliphatic rings. The average Bonchev–Trinajstić information content (AvgIpc) is 2.37. The minimum absolute atomic E-state index is 0.194. The predicted octanol–water partition coefficient (Wildman–Crippen LogP) is 2.59. The predicted molar refractivity (Wildman–Crippen MR) is 78.5 cm³/mol. The van der Waals surface area contributed by atoms with Crippen LogP contribution >= 0.6 is 15.9 Å². The topological polar surface area (TPSA) is 58.6 Å². The number of aliphatic hydroxyl groups is 1. The molecule has 1 rings (SSSR count). The number of rotatable bonds is 6. The van der Waals surface area contributed by atoms with Gasteiger partial charge in [0.05, 0.1) is 18.8 Å². The lowest BCUT2D eigenvalue weighted by atomic mass is 10.0. The molecule has 1 atom stereocenters. The van der Waals surface area contributed by atoms with E-state index >= 15 is 0 Å². The first kappa shape index (κ1) is 16.0. The minimum Gasteiger partial charge on any atom is -0.496 e. The van der Waals surface area contributed by atoms with Crippen molar-refractivity contribution in [2.45, 2.75) is 26.4 Å². The van der Waals surface area contributed by atoms with Crippen LogP contribution in [0.4, 0.5) is 0 Å². The molecule has 0 heterocycles. The third-order valence-corrected chi connectivity index (χ3v) is 3.40. The van der Waals surface area contributed by atoms with Gasteiger partial charge < -0.3 is 15.2 Å². The Labute approximate surface area is 122 Å². The van der Waals surface area contributed by atoms with Crippen molar-refractivity contribution in [2.75, 3.05) is 13.7 Å². The molecule has 0 saturated carbocycles. The summed E-state index contributed by atoms with van der Waals surface area (Å²) in [5.41, 5.74) is 0.490. The third kappa shape index (κ3) is 4.84. The Morgan fingerprint density at radius 1 is 1.47 bits per heavy atom. The Bertz CT molecular complexity index is 435. The number of methoxy groups -OCH3 is 1. The number of hydrogen-bond acceptors (Lipinski definition) is 3. The van der Waals surface area contributed by atoms with Gasteiger partial charge in [-0.2, -0.15) is 0 Å². The second-order valence-corrected chi connectivity index (χ2v) is 5.62. The molecule has 1 aromatic carbocycles. The Kier molecular flexibility index (Phi) is 6.31. The van der Waals surface area contributed by atoms with Crippen LogP contribution in [-0.2, 0) is 0 Å². The van der Waals surface area contributed by atoms with Gasteiger partial charge in [-0.05, 0) is 30.5 Å². The van der Waals surface area contributed by atoms with Crippen molar-refractivity contribution in [3.63, 3.8) is 0 Å². The summed E-state index contributed by atoms with van der Waals surface area (Å²) in [4.78, 5) is 12.0. The molecule has 2 N–H and O–H groups in total. The van der Waals surface area contributed by atoms with Crippen LogP contribution in [0, 0.1) is 5.92 Å². The van der Waals surface area contributed by atoms with Gasteiger partial charge in [0.1, 0.15) is 5.75 Å². The van der Waals surface area contributed by atoms with Crippen LogP contribution < -0.4 is 10.1 Å². The lowest BCUT2D eigenvalue weighted by molar-refractivity contribution is 0.0917. The highest BCUT2D eigenvalue weighted by molar-refractivity contribution is 9.10. The molecule has 0 aromatic heterocycles. The zero-order valence-electron chi connectivity index (χ0n) is 11.4. The summed E-state index contributed by atoms with van der Waals surface area (Å²) in [6.07, 6.45) is 0.148. The van der Waals surface area contributed by atoms with Crippen molar-refractivity contribution in [1.29, 1.82) is 0 Å². The molecule has 0 aliphatic heterocycles. The van der Waals surface area contributed by atoms with E-state index in [-0.39, 0.29) is 11.8 Å². The van der Waals surface area contributed by atoms with E-state index in [4.69, 9.17) is 4.74 Å². The molecule has 106 valence electrons. The number of carbonyl (C=O) groups is 1. The summed E-state index contributed by atoms with van der Waals surface area (Å²) >= 11 is 3.33. The van der Waals surface area contributed by atoms with Crippen molar-refractivity contribution >= 4 is 21.8 Å². The molecular formula is C14H20BrNO3. The van der Waals surface area contributed by atoms with Crippen molar-refractivity contribution in [1.82, 2.24) is 5.32 Å². The molecule has 1 aromatic rings. The highest BCUT2D eigenvalue weighted by Crippen LogP contribution is 2.23. The van der Waals surface area contributed by atoms with Crippen LogP contribution in [0.1, 0.15) is 30.6 Å². The highest BCUT2D eigenvalue weighted by atomic mass is 79.9. The summed E-state index contributed by atoms with van der Waals surface area (Å²) in [5, 5.41) is 12.4. The third-order valence-electron chi connectivity index (χ3n) is 2.90. The SMILES string of the molecule is COc1cc(Br)ccc1C(=O)NCCC(O)C(C)C. The van der Waals surface area contributed by atoms with E-state index in [1.807, 2.05) is 13.8 Å². The van der Waals surface area contributed by atoms with Gasteiger partial charge >= 0.3 is 0 Å². The first-order chi connectivity index (χ1) is 8.95. The number of halogens is 1. The van der Waals surface area contributed by atoms with E-state index in [1.54, 1.807) is 18.2 Å². The van der Waals surface area contributed by atoms with Crippen molar-refractivity contribution < 1.29 is 14.6 Å². The number of ether oxygens (including phenoxy) is 1. The molecule has 0 aliphatic carbocycles. The monoisotopic (exact) mass is 329 g/mol. The molecule has 4 nitrogen and oxygen atoms in total. The fourth-order valence-corrected chi connectivity index (χ4v) is 1.95. The molecule has 0 saturated heterocycles. The van der Waals surface area contributed by atoms with Crippen LogP contribution in [-0.4, -0.2) is 30.8 Å². The van der Waals surface area contributed by atoms with Crippen LogP contribution in [0.2, 0.25) is 0 Å². The first-order valence-corrected chi connectivity index (χ1v) is 7.04. The van der Waals surface area contributed by atoms with Crippen LogP contribution in [0.15, 0.2) is 22.7 Å². The molecule has 1 unspecified atom stereocenters. The van der Waals surface area contributed by atoms with Gasteiger partial charge in [-0.3, -0.25) is 4.79 Å². The summed E-state index contributed by atoms with van der Waals surface area (Å²) in [6, 6.07) is 5.25. The van der Waals surface area contributed by atoms with Crippen LogP contribution in [0.25, 0.3) is 0 Å². The maximum atomic E-state index is 12.0. The lowest BCUT2D eigenvalue weighted by Gasteiger charge is -2.15. The number of nitrogens with one attached hydrogen (secondary N) is 1. The smallest absolute Gasteiger partial charge is 0.255 e. The maximum absolute atomic E-state index is 12.0. The molecule has 0 bridgehead atoms. The number of hydrogen-bond donors (Lipinski definition) is 2. The standard InChI is InChI=1S/C14H20BrNO3/c1-9(2)12(17)6-7-16-14(18)11-5-4-10(15)8-13(11)19-3/h4-5,8-9,12,17H,6-7H2,1-3H3,(H,16,18). The molecule has 1 amide bonds. The maximum Gasteiger partial charge on any atom is 0.255 e.